The lowest BCUT2D eigenvalue weighted by Gasteiger charge is -2.15. The summed E-state index contributed by atoms with van der Waals surface area (Å²) in [5.41, 5.74) is 2.92. The normalized spacial score (nSPS) is 21.1. The molecule has 1 aliphatic carbocycles. The van der Waals surface area contributed by atoms with Crippen molar-refractivity contribution in [2.24, 2.45) is 10.8 Å². The monoisotopic (exact) mass is 291 g/mol. The van der Waals surface area contributed by atoms with Gasteiger partial charge in [0.1, 0.15) is 18.5 Å². The largest absolute Gasteiger partial charge is 0.491 e. The number of aliphatic hydroxyl groups excluding tert-OH is 1. The highest BCUT2D eigenvalue weighted by Gasteiger charge is 2.64. The Bertz CT molecular complexity index is 494. The van der Waals surface area contributed by atoms with Gasteiger partial charge in [-0.2, -0.15) is 0 Å². The van der Waals surface area contributed by atoms with Crippen molar-refractivity contribution in [3.63, 3.8) is 0 Å². The van der Waals surface area contributed by atoms with Crippen molar-refractivity contribution in [2.45, 2.75) is 53.7 Å². The molecule has 1 fully saturated rings. The number of ether oxygens (including phenoxy) is 1. The van der Waals surface area contributed by atoms with E-state index < -0.39 is 6.10 Å². The van der Waals surface area contributed by atoms with E-state index in [1.54, 1.807) is 0 Å². The van der Waals surface area contributed by atoms with Gasteiger partial charge in [0.15, 0.2) is 0 Å². The van der Waals surface area contributed by atoms with Crippen molar-refractivity contribution in [2.75, 3.05) is 13.2 Å². The van der Waals surface area contributed by atoms with Crippen LogP contribution in [-0.2, 0) is 0 Å². The van der Waals surface area contributed by atoms with Gasteiger partial charge >= 0.3 is 0 Å². The minimum absolute atomic E-state index is 0.293. The Morgan fingerprint density at radius 2 is 1.81 bits per heavy atom. The Morgan fingerprint density at radius 1 is 1.19 bits per heavy atom. The van der Waals surface area contributed by atoms with Gasteiger partial charge in [-0.15, -0.1) is 0 Å². The fourth-order valence-electron chi connectivity index (χ4n) is 3.17. The second-order valence-electron chi connectivity index (χ2n) is 7.52. The van der Waals surface area contributed by atoms with Crippen LogP contribution in [0.15, 0.2) is 18.2 Å². The second kappa shape index (κ2) is 5.62. The first-order chi connectivity index (χ1) is 9.66. The van der Waals surface area contributed by atoms with E-state index in [1.165, 1.54) is 5.56 Å². The van der Waals surface area contributed by atoms with Gasteiger partial charge in [-0.05, 0) is 36.3 Å². The van der Waals surface area contributed by atoms with Crippen molar-refractivity contribution in [3.05, 3.63) is 29.3 Å². The number of nitrogens with one attached hydrogen (secondary N) is 1. The van der Waals surface area contributed by atoms with Gasteiger partial charge in [0.25, 0.3) is 0 Å². The highest BCUT2D eigenvalue weighted by molar-refractivity contribution is 5.35. The van der Waals surface area contributed by atoms with Crippen molar-refractivity contribution < 1.29 is 9.84 Å². The van der Waals surface area contributed by atoms with Crippen LogP contribution in [0.5, 0.6) is 5.75 Å². The van der Waals surface area contributed by atoms with Crippen molar-refractivity contribution in [1.29, 1.82) is 0 Å². The van der Waals surface area contributed by atoms with Gasteiger partial charge < -0.3 is 15.2 Å². The first kappa shape index (κ1) is 16.3. The Morgan fingerprint density at radius 3 is 2.33 bits per heavy atom. The smallest absolute Gasteiger partial charge is 0.122 e. The molecule has 0 spiro atoms. The topological polar surface area (TPSA) is 41.5 Å². The molecule has 3 nitrogen and oxygen atoms in total. The molecule has 0 aromatic heterocycles. The first-order valence-electron chi connectivity index (χ1n) is 7.78. The van der Waals surface area contributed by atoms with E-state index in [-0.39, 0.29) is 0 Å². The van der Waals surface area contributed by atoms with Crippen LogP contribution in [0.2, 0.25) is 0 Å². The molecule has 1 aromatic rings. The van der Waals surface area contributed by atoms with Crippen LogP contribution in [0.1, 0.15) is 38.8 Å². The molecule has 0 bridgehead atoms. The summed E-state index contributed by atoms with van der Waals surface area (Å²) in [7, 11) is 0. The van der Waals surface area contributed by atoms with E-state index in [0.29, 0.717) is 30.0 Å². The zero-order valence-electron chi connectivity index (χ0n) is 14.2. The van der Waals surface area contributed by atoms with Crippen LogP contribution >= 0.6 is 0 Å². The van der Waals surface area contributed by atoms with Crippen molar-refractivity contribution >= 4 is 0 Å². The SMILES string of the molecule is Cc1ccc(OCC(O)CNC2C(C)(C)C2(C)C)c(C)c1. The number of hydrogen-bond acceptors (Lipinski definition) is 3. The number of aliphatic hydroxyl groups is 1. The van der Waals surface area contributed by atoms with E-state index in [2.05, 4.69) is 46.0 Å². The average molecular weight is 291 g/mol. The molecule has 1 saturated carbocycles. The maximum Gasteiger partial charge on any atom is 0.122 e. The summed E-state index contributed by atoms with van der Waals surface area (Å²) in [6, 6.07) is 6.55. The molecule has 1 unspecified atom stereocenters. The van der Waals surface area contributed by atoms with Crippen LogP contribution in [0.25, 0.3) is 0 Å². The first-order valence-corrected chi connectivity index (χ1v) is 7.78. The molecule has 1 aromatic carbocycles. The summed E-state index contributed by atoms with van der Waals surface area (Å²) in [5, 5.41) is 13.6. The van der Waals surface area contributed by atoms with Crippen LogP contribution < -0.4 is 10.1 Å². The number of aryl methyl sites for hydroxylation is 2. The predicted octanol–water partition coefficient (Wildman–Crippen LogP) is 3.07. The molecule has 2 N–H and O–H groups in total. The van der Waals surface area contributed by atoms with Crippen LogP contribution in [0.3, 0.4) is 0 Å². The zero-order chi connectivity index (χ0) is 15.8. The van der Waals surface area contributed by atoms with E-state index in [1.807, 2.05) is 19.1 Å². The third-order valence-electron chi connectivity index (χ3n) is 5.34. The van der Waals surface area contributed by atoms with Gasteiger partial charge in [0, 0.05) is 12.6 Å². The molecule has 3 heteroatoms. The molecule has 2 rings (SSSR count). The van der Waals surface area contributed by atoms with Crippen LogP contribution in [-0.4, -0.2) is 30.4 Å². The molecule has 118 valence electrons. The lowest BCUT2D eigenvalue weighted by atomic mass is 10.0. The molecule has 0 amide bonds. The standard InChI is InChI=1S/C18H29NO2/c1-12-7-8-15(13(2)9-12)21-11-14(20)10-19-16-17(3,4)18(16,5)6/h7-9,14,16,19-20H,10-11H2,1-6H3. The summed E-state index contributed by atoms with van der Waals surface area (Å²) < 4.78 is 5.72. The maximum absolute atomic E-state index is 10.1. The maximum atomic E-state index is 10.1. The molecule has 0 saturated heterocycles. The summed E-state index contributed by atoms with van der Waals surface area (Å²) in [5.74, 6) is 0.853. The molecule has 1 aliphatic rings. The minimum Gasteiger partial charge on any atom is -0.491 e. The quantitative estimate of drug-likeness (QED) is 0.846. The Kier molecular flexibility index (Phi) is 4.36. The van der Waals surface area contributed by atoms with Gasteiger partial charge in [0.05, 0.1) is 0 Å². The molecule has 0 aliphatic heterocycles. The summed E-state index contributed by atoms with van der Waals surface area (Å²) in [6.45, 7) is 14.1. The lowest BCUT2D eigenvalue weighted by molar-refractivity contribution is 0.104. The van der Waals surface area contributed by atoms with E-state index >= 15 is 0 Å². The third-order valence-corrected chi connectivity index (χ3v) is 5.34. The van der Waals surface area contributed by atoms with E-state index in [4.69, 9.17) is 4.74 Å². The fourth-order valence-corrected chi connectivity index (χ4v) is 3.17. The van der Waals surface area contributed by atoms with Crippen molar-refractivity contribution in [1.82, 2.24) is 5.32 Å². The van der Waals surface area contributed by atoms with E-state index in [9.17, 15) is 5.11 Å². The molecule has 21 heavy (non-hydrogen) atoms. The lowest BCUT2D eigenvalue weighted by Crippen LogP contribution is -2.35. The predicted molar refractivity (Wildman–Crippen MR) is 86.8 cm³/mol. The molecular formula is C18H29NO2. The summed E-state index contributed by atoms with van der Waals surface area (Å²) in [6.07, 6.45) is -0.488. The Hall–Kier alpha value is -1.06. The summed E-state index contributed by atoms with van der Waals surface area (Å²) >= 11 is 0. The average Bonchev–Trinajstić information content (AvgIpc) is 2.76. The molecule has 1 atom stereocenters. The summed E-state index contributed by atoms with van der Waals surface area (Å²) in [4.78, 5) is 0. The molecule has 0 heterocycles. The van der Waals surface area contributed by atoms with Gasteiger partial charge in [-0.25, -0.2) is 0 Å². The fraction of sp³-hybridized carbons (Fsp3) is 0.667. The van der Waals surface area contributed by atoms with Crippen LogP contribution in [0.4, 0.5) is 0 Å². The number of benzene rings is 1. The number of hydrogen-bond donors (Lipinski definition) is 2. The van der Waals surface area contributed by atoms with Gasteiger partial charge in [-0.1, -0.05) is 45.4 Å². The van der Waals surface area contributed by atoms with Gasteiger partial charge in [-0.3, -0.25) is 0 Å². The molecule has 0 radical (unpaired) electrons. The zero-order valence-corrected chi connectivity index (χ0v) is 14.2. The second-order valence-corrected chi connectivity index (χ2v) is 7.52. The Balaban J connectivity index is 1.77. The van der Waals surface area contributed by atoms with Gasteiger partial charge in [0.2, 0.25) is 0 Å². The molecular weight excluding hydrogens is 262 g/mol. The third kappa shape index (κ3) is 3.24. The Labute approximate surface area is 128 Å². The van der Waals surface area contributed by atoms with Crippen LogP contribution in [0, 0.1) is 24.7 Å². The van der Waals surface area contributed by atoms with Crippen molar-refractivity contribution in [3.8, 4) is 5.75 Å². The number of rotatable bonds is 6. The highest BCUT2D eigenvalue weighted by Crippen LogP contribution is 2.62. The minimum atomic E-state index is -0.488. The highest BCUT2D eigenvalue weighted by atomic mass is 16.5. The van der Waals surface area contributed by atoms with E-state index in [0.717, 1.165) is 11.3 Å².